The van der Waals surface area contributed by atoms with Crippen LogP contribution in [0.5, 0.6) is 0 Å². The lowest BCUT2D eigenvalue weighted by atomic mass is 10.2. The van der Waals surface area contributed by atoms with Crippen LogP contribution in [0.15, 0.2) is 12.4 Å². The zero-order chi connectivity index (χ0) is 14.2. The molecule has 0 bridgehead atoms. The highest BCUT2D eigenvalue weighted by Crippen LogP contribution is 2.10. The smallest absolute Gasteiger partial charge is 0.0534 e. The Bertz CT molecular complexity index is 366. The SMILES string of the molecule is CCN(CCN1CCCCCC1)Cc1cnn(CC)c1. The van der Waals surface area contributed by atoms with E-state index in [0.717, 1.165) is 19.6 Å². The molecule has 1 aliphatic rings. The molecule has 0 spiro atoms. The molecule has 0 saturated carbocycles. The molecule has 4 heteroatoms. The van der Waals surface area contributed by atoms with Crippen LogP contribution in [-0.2, 0) is 13.1 Å². The minimum atomic E-state index is 0.958. The summed E-state index contributed by atoms with van der Waals surface area (Å²) in [6, 6.07) is 0. The van der Waals surface area contributed by atoms with Crippen molar-refractivity contribution in [2.75, 3.05) is 32.7 Å². The molecule has 0 aliphatic carbocycles. The van der Waals surface area contributed by atoms with E-state index in [4.69, 9.17) is 0 Å². The van der Waals surface area contributed by atoms with Gasteiger partial charge < -0.3 is 4.90 Å². The minimum Gasteiger partial charge on any atom is -0.302 e. The van der Waals surface area contributed by atoms with Gasteiger partial charge in [0.05, 0.1) is 6.20 Å². The lowest BCUT2D eigenvalue weighted by Crippen LogP contribution is -2.35. The number of rotatable bonds is 7. The summed E-state index contributed by atoms with van der Waals surface area (Å²) in [7, 11) is 0. The second-order valence-corrected chi connectivity index (χ2v) is 5.83. The lowest BCUT2D eigenvalue weighted by Gasteiger charge is -2.25. The maximum Gasteiger partial charge on any atom is 0.0534 e. The van der Waals surface area contributed by atoms with Crippen molar-refractivity contribution < 1.29 is 0 Å². The predicted molar refractivity (Wildman–Crippen MR) is 83.8 cm³/mol. The standard InChI is InChI=1S/C16H30N4/c1-3-18(14-16-13-17-20(4-2)15-16)11-12-19-9-7-5-6-8-10-19/h13,15H,3-12,14H2,1-2H3. The third-order valence-electron chi connectivity index (χ3n) is 4.30. The first kappa shape index (κ1) is 15.5. The van der Waals surface area contributed by atoms with Gasteiger partial charge in [-0.15, -0.1) is 0 Å². The molecular formula is C16H30N4. The van der Waals surface area contributed by atoms with E-state index in [2.05, 4.69) is 34.9 Å². The molecule has 1 saturated heterocycles. The maximum absolute atomic E-state index is 4.36. The van der Waals surface area contributed by atoms with Crippen molar-refractivity contribution in [1.29, 1.82) is 0 Å². The Hall–Kier alpha value is -0.870. The molecule has 2 rings (SSSR count). The molecule has 0 atom stereocenters. The zero-order valence-electron chi connectivity index (χ0n) is 13.2. The van der Waals surface area contributed by atoms with Gasteiger partial charge in [0.1, 0.15) is 0 Å². The average Bonchev–Trinajstić information content (AvgIpc) is 2.77. The monoisotopic (exact) mass is 278 g/mol. The Morgan fingerprint density at radius 3 is 2.50 bits per heavy atom. The third-order valence-corrected chi connectivity index (χ3v) is 4.30. The number of aromatic nitrogens is 2. The molecule has 114 valence electrons. The van der Waals surface area contributed by atoms with E-state index in [1.165, 1.54) is 57.4 Å². The fourth-order valence-electron chi connectivity index (χ4n) is 2.91. The van der Waals surface area contributed by atoms with Crippen molar-refractivity contribution in [2.45, 2.75) is 52.6 Å². The maximum atomic E-state index is 4.36. The van der Waals surface area contributed by atoms with Crippen LogP contribution in [0, 0.1) is 0 Å². The second-order valence-electron chi connectivity index (χ2n) is 5.83. The molecule has 20 heavy (non-hydrogen) atoms. The fourth-order valence-corrected chi connectivity index (χ4v) is 2.91. The Kier molecular flexibility index (Phi) is 6.54. The number of hydrogen-bond acceptors (Lipinski definition) is 3. The van der Waals surface area contributed by atoms with Crippen molar-refractivity contribution in [3.63, 3.8) is 0 Å². The molecule has 1 aromatic rings. The van der Waals surface area contributed by atoms with E-state index >= 15 is 0 Å². The van der Waals surface area contributed by atoms with Crippen molar-refractivity contribution in [2.24, 2.45) is 0 Å². The Balaban J connectivity index is 1.76. The van der Waals surface area contributed by atoms with Crippen molar-refractivity contribution in [3.8, 4) is 0 Å². The van der Waals surface area contributed by atoms with Gasteiger partial charge in [-0.25, -0.2) is 0 Å². The molecule has 0 N–H and O–H groups in total. The molecule has 0 unspecified atom stereocenters. The summed E-state index contributed by atoms with van der Waals surface area (Å²) < 4.78 is 2.01. The normalized spacial score (nSPS) is 17.6. The van der Waals surface area contributed by atoms with Crippen LogP contribution in [0.3, 0.4) is 0 Å². The third kappa shape index (κ3) is 4.91. The molecule has 1 aliphatic heterocycles. The van der Waals surface area contributed by atoms with Crippen molar-refractivity contribution in [3.05, 3.63) is 18.0 Å². The molecule has 1 fully saturated rings. The zero-order valence-corrected chi connectivity index (χ0v) is 13.2. The first-order valence-electron chi connectivity index (χ1n) is 8.28. The van der Waals surface area contributed by atoms with Crippen LogP contribution < -0.4 is 0 Å². The second kappa shape index (κ2) is 8.42. The largest absolute Gasteiger partial charge is 0.302 e. The lowest BCUT2D eigenvalue weighted by molar-refractivity contribution is 0.208. The highest BCUT2D eigenvalue weighted by molar-refractivity contribution is 5.03. The van der Waals surface area contributed by atoms with Gasteiger partial charge in [0.15, 0.2) is 0 Å². The van der Waals surface area contributed by atoms with E-state index in [1.807, 2.05) is 10.9 Å². The van der Waals surface area contributed by atoms with Crippen LogP contribution in [-0.4, -0.2) is 52.3 Å². The van der Waals surface area contributed by atoms with Gasteiger partial charge in [-0.3, -0.25) is 9.58 Å². The summed E-state index contributed by atoms with van der Waals surface area (Å²) in [5.74, 6) is 0. The van der Waals surface area contributed by atoms with Gasteiger partial charge in [0.25, 0.3) is 0 Å². The molecule has 2 heterocycles. The first-order chi connectivity index (χ1) is 9.81. The molecule has 1 aromatic heterocycles. The molecular weight excluding hydrogens is 248 g/mol. The molecule has 0 amide bonds. The summed E-state index contributed by atoms with van der Waals surface area (Å²) in [5.41, 5.74) is 1.34. The summed E-state index contributed by atoms with van der Waals surface area (Å²) in [4.78, 5) is 5.17. The van der Waals surface area contributed by atoms with E-state index in [1.54, 1.807) is 0 Å². The van der Waals surface area contributed by atoms with E-state index in [9.17, 15) is 0 Å². The highest BCUT2D eigenvalue weighted by atomic mass is 15.3. The van der Waals surface area contributed by atoms with Crippen LogP contribution >= 0.6 is 0 Å². The van der Waals surface area contributed by atoms with Crippen LogP contribution in [0.25, 0.3) is 0 Å². The van der Waals surface area contributed by atoms with Gasteiger partial charge in [-0.1, -0.05) is 19.8 Å². The topological polar surface area (TPSA) is 24.3 Å². The van der Waals surface area contributed by atoms with Crippen LogP contribution in [0.2, 0.25) is 0 Å². The number of hydrogen-bond donors (Lipinski definition) is 0. The quantitative estimate of drug-likeness (QED) is 0.766. The Morgan fingerprint density at radius 1 is 1.15 bits per heavy atom. The minimum absolute atomic E-state index is 0.958. The molecule has 0 aromatic carbocycles. The van der Waals surface area contributed by atoms with Crippen molar-refractivity contribution in [1.82, 2.24) is 19.6 Å². The van der Waals surface area contributed by atoms with E-state index in [-0.39, 0.29) is 0 Å². The first-order valence-corrected chi connectivity index (χ1v) is 8.28. The van der Waals surface area contributed by atoms with Crippen molar-refractivity contribution >= 4 is 0 Å². The molecule has 0 radical (unpaired) electrons. The summed E-state index contributed by atoms with van der Waals surface area (Å²) in [6.07, 6.45) is 9.80. The number of likely N-dealkylation sites (tertiary alicyclic amines) is 1. The van der Waals surface area contributed by atoms with E-state index < -0.39 is 0 Å². The summed E-state index contributed by atoms with van der Waals surface area (Å²) in [6.45, 7) is 12.5. The number of likely N-dealkylation sites (N-methyl/N-ethyl adjacent to an activating group) is 1. The predicted octanol–water partition coefficient (Wildman–Crippen LogP) is 2.60. The Labute approximate surface area is 123 Å². The van der Waals surface area contributed by atoms with Gasteiger partial charge in [-0.05, 0) is 39.4 Å². The van der Waals surface area contributed by atoms with Crippen LogP contribution in [0.4, 0.5) is 0 Å². The van der Waals surface area contributed by atoms with Gasteiger partial charge >= 0.3 is 0 Å². The van der Waals surface area contributed by atoms with Crippen LogP contribution in [0.1, 0.15) is 45.1 Å². The Morgan fingerprint density at radius 2 is 1.90 bits per heavy atom. The van der Waals surface area contributed by atoms with Gasteiger partial charge in [-0.2, -0.15) is 5.10 Å². The van der Waals surface area contributed by atoms with E-state index in [0.29, 0.717) is 0 Å². The summed E-state index contributed by atoms with van der Waals surface area (Å²) >= 11 is 0. The van der Waals surface area contributed by atoms with Gasteiger partial charge in [0.2, 0.25) is 0 Å². The molecule has 4 nitrogen and oxygen atoms in total. The highest BCUT2D eigenvalue weighted by Gasteiger charge is 2.11. The number of aryl methyl sites for hydroxylation is 1. The summed E-state index contributed by atoms with van der Waals surface area (Å²) in [5, 5.41) is 4.36. The average molecular weight is 278 g/mol. The van der Waals surface area contributed by atoms with Gasteiger partial charge in [0, 0.05) is 37.9 Å². The fraction of sp³-hybridized carbons (Fsp3) is 0.812. The number of nitrogens with zero attached hydrogens (tertiary/aromatic N) is 4.